The number of aryl methyl sites for hydroxylation is 1. The molecule has 0 radical (unpaired) electrons. The number of hydrogen-bond donors (Lipinski definition) is 1. The van der Waals surface area contributed by atoms with Gasteiger partial charge in [-0.2, -0.15) is 0 Å². The van der Waals surface area contributed by atoms with E-state index in [1.54, 1.807) is 6.08 Å². The molecule has 1 aliphatic carbocycles. The average molecular weight is 555 g/mol. The summed E-state index contributed by atoms with van der Waals surface area (Å²) in [6.45, 7) is 10.6. The molecule has 0 saturated carbocycles. The summed E-state index contributed by atoms with van der Waals surface area (Å²) in [7, 11) is 1.37. The van der Waals surface area contributed by atoms with Crippen LogP contribution in [0.1, 0.15) is 65.5 Å². The van der Waals surface area contributed by atoms with Crippen molar-refractivity contribution in [1.82, 2.24) is 14.8 Å². The molecule has 0 bridgehead atoms. The minimum Gasteiger partial charge on any atom is -0.483 e. The zero-order valence-corrected chi connectivity index (χ0v) is 23.9. The Balaban J connectivity index is 1.45. The third-order valence-electron chi connectivity index (χ3n) is 6.55. The zero-order valence-electron chi connectivity index (χ0n) is 22.3. The molecule has 2 heterocycles. The second-order valence-electron chi connectivity index (χ2n) is 9.38. The molecule has 1 amide bonds. The molecule has 0 spiro atoms. The fourth-order valence-corrected chi connectivity index (χ4v) is 6.69. The molecule has 3 aromatic rings. The van der Waals surface area contributed by atoms with Gasteiger partial charge in [0.15, 0.2) is 17.1 Å². The number of anilines is 1. The summed E-state index contributed by atoms with van der Waals surface area (Å²) in [5.74, 6) is 1.45. The lowest BCUT2D eigenvalue weighted by Gasteiger charge is -2.18. The number of benzene rings is 1. The maximum atomic E-state index is 12.9. The first kappa shape index (κ1) is 27.9. The number of methoxy groups -OCH3 is 1. The Morgan fingerprint density at radius 3 is 2.76 bits per heavy atom. The molecule has 1 N–H and O–H groups in total. The van der Waals surface area contributed by atoms with Crippen LogP contribution in [0.3, 0.4) is 0 Å². The standard InChI is InChI=1S/C28H34N4O4S2/c1-6-14-32-25(18(4)36-20-11-9-19(7-2)10-12-20)30-31-28(32)37-16-23(33)29-26-24(27(34)35-5)21-13-8-17(3)15-22(21)38-26/h6,9-12,17-18H,1,7-8,13-16H2,2-5H3,(H,29,33). The first-order chi connectivity index (χ1) is 18.3. The molecule has 10 heteroatoms. The predicted molar refractivity (Wildman–Crippen MR) is 151 cm³/mol. The number of thioether (sulfide) groups is 1. The fraction of sp³-hybridized carbons (Fsp3) is 0.429. The van der Waals surface area contributed by atoms with Crippen molar-refractivity contribution in [2.75, 3.05) is 18.2 Å². The van der Waals surface area contributed by atoms with Gasteiger partial charge in [0.1, 0.15) is 10.8 Å². The van der Waals surface area contributed by atoms with Gasteiger partial charge in [-0.25, -0.2) is 4.79 Å². The normalized spacial score (nSPS) is 15.4. The highest BCUT2D eigenvalue weighted by molar-refractivity contribution is 7.99. The van der Waals surface area contributed by atoms with Crippen LogP contribution in [-0.4, -0.2) is 39.5 Å². The van der Waals surface area contributed by atoms with E-state index in [0.29, 0.717) is 34.0 Å². The second-order valence-corrected chi connectivity index (χ2v) is 11.4. The Morgan fingerprint density at radius 1 is 1.32 bits per heavy atom. The van der Waals surface area contributed by atoms with Crippen molar-refractivity contribution < 1.29 is 19.1 Å². The molecule has 38 heavy (non-hydrogen) atoms. The molecule has 0 saturated heterocycles. The predicted octanol–water partition coefficient (Wildman–Crippen LogP) is 5.87. The van der Waals surface area contributed by atoms with E-state index in [-0.39, 0.29) is 17.8 Å². The number of nitrogens with zero attached hydrogens (tertiary/aromatic N) is 3. The Morgan fingerprint density at radius 2 is 2.08 bits per heavy atom. The first-order valence-electron chi connectivity index (χ1n) is 12.8. The molecule has 2 aromatic heterocycles. The highest BCUT2D eigenvalue weighted by atomic mass is 32.2. The number of thiophene rings is 1. The van der Waals surface area contributed by atoms with Gasteiger partial charge in [0, 0.05) is 11.4 Å². The molecule has 8 nitrogen and oxygen atoms in total. The number of hydrogen-bond acceptors (Lipinski definition) is 8. The van der Waals surface area contributed by atoms with E-state index >= 15 is 0 Å². The van der Waals surface area contributed by atoms with E-state index in [0.717, 1.165) is 41.9 Å². The monoisotopic (exact) mass is 554 g/mol. The SMILES string of the molecule is C=CCn1c(SCC(=O)Nc2sc3c(c2C(=O)OC)CCC(C)C3)nnc1C(C)Oc1ccc(CC)cc1. The third-order valence-corrected chi connectivity index (χ3v) is 8.69. The molecular weight excluding hydrogens is 520 g/mol. The number of fused-ring (bicyclic) bond motifs is 1. The number of allylic oxidation sites excluding steroid dienone is 1. The molecule has 0 fully saturated rings. The van der Waals surface area contributed by atoms with E-state index in [9.17, 15) is 9.59 Å². The van der Waals surface area contributed by atoms with Gasteiger partial charge in [-0.1, -0.05) is 43.8 Å². The van der Waals surface area contributed by atoms with Crippen molar-refractivity contribution in [3.8, 4) is 5.75 Å². The Bertz CT molecular complexity index is 1300. The van der Waals surface area contributed by atoms with Crippen LogP contribution in [0.2, 0.25) is 0 Å². The molecule has 2 atom stereocenters. The van der Waals surface area contributed by atoms with Gasteiger partial charge in [0.2, 0.25) is 5.91 Å². The van der Waals surface area contributed by atoms with E-state index < -0.39 is 5.97 Å². The van der Waals surface area contributed by atoms with Crippen molar-refractivity contribution in [3.05, 3.63) is 64.3 Å². The highest BCUT2D eigenvalue weighted by Gasteiger charge is 2.29. The number of nitrogens with one attached hydrogen (secondary N) is 1. The van der Waals surface area contributed by atoms with Crippen molar-refractivity contribution >= 4 is 40.0 Å². The minimum atomic E-state index is -0.409. The molecule has 0 aliphatic heterocycles. The second kappa shape index (κ2) is 12.6. The number of carbonyl (C=O) groups is 2. The van der Waals surface area contributed by atoms with Gasteiger partial charge < -0.3 is 14.8 Å². The van der Waals surface area contributed by atoms with Crippen LogP contribution in [0.5, 0.6) is 5.75 Å². The fourth-order valence-electron chi connectivity index (χ4n) is 4.52. The van der Waals surface area contributed by atoms with Gasteiger partial charge in [-0.05, 0) is 61.8 Å². The van der Waals surface area contributed by atoms with Gasteiger partial charge in [0.25, 0.3) is 0 Å². The molecule has 2 unspecified atom stereocenters. The van der Waals surface area contributed by atoms with Gasteiger partial charge in [0.05, 0.1) is 18.4 Å². The van der Waals surface area contributed by atoms with E-state index in [4.69, 9.17) is 9.47 Å². The van der Waals surface area contributed by atoms with Crippen molar-refractivity contribution in [2.45, 2.75) is 64.3 Å². The summed E-state index contributed by atoms with van der Waals surface area (Å²) in [5.41, 5.74) is 2.75. The van der Waals surface area contributed by atoms with E-state index in [1.165, 1.54) is 35.8 Å². The van der Waals surface area contributed by atoms with Gasteiger partial charge in [-0.3, -0.25) is 9.36 Å². The van der Waals surface area contributed by atoms with Crippen LogP contribution in [-0.2, 0) is 35.3 Å². The van der Waals surface area contributed by atoms with Crippen molar-refractivity contribution in [2.24, 2.45) is 5.92 Å². The van der Waals surface area contributed by atoms with Crippen LogP contribution in [0.15, 0.2) is 42.1 Å². The zero-order chi connectivity index (χ0) is 27.2. The number of aromatic nitrogens is 3. The Labute approximate surface area is 231 Å². The summed E-state index contributed by atoms with van der Waals surface area (Å²) in [4.78, 5) is 26.6. The summed E-state index contributed by atoms with van der Waals surface area (Å²) < 4.78 is 13.0. The molecule has 202 valence electrons. The lowest BCUT2D eigenvalue weighted by Crippen LogP contribution is -2.17. The summed E-state index contributed by atoms with van der Waals surface area (Å²) in [6.07, 6.45) is 5.13. The topological polar surface area (TPSA) is 95.3 Å². The van der Waals surface area contributed by atoms with Gasteiger partial charge in [-0.15, -0.1) is 28.1 Å². The number of rotatable bonds is 11. The van der Waals surface area contributed by atoms with Gasteiger partial charge >= 0.3 is 5.97 Å². The molecular formula is C28H34N4O4S2. The Hall–Kier alpha value is -3.11. The smallest absolute Gasteiger partial charge is 0.341 e. The van der Waals surface area contributed by atoms with Crippen LogP contribution in [0, 0.1) is 5.92 Å². The van der Waals surface area contributed by atoms with Crippen LogP contribution < -0.4 is 10.1 Å². The lowest BCUT2D eigenvalue weighted by molar-refractivity contribution is -0.113. The summed E-state index contributed by atoms with van der Waals surface area (Å²) in [6, 6.07) is 8.00. The lowest BCUT2D eigenvalue weighted by atomic mass is 9.88. The summed E-state index contributed by atoms with van der Waals surface area (Å²) >= 11 is 2.76. The van der Waals surface area contributed by atoms with E-state index in [1.807, 2.05) is 35.8 Å². The van der Waals surface area contributed by atoms with Crippen LogP contribution >= 0.6 is 23.1 Å². The number of ether oxygens (including phenoxy) is 2. The van der Waals surface area contributed by atoms with Crippen molar-refractivity contribution in [1.29, 1.82) is 0 Å². The number of amides is 1. The highest BCUT2D eigenvalue weighted by Crippen LogP contribution is 2.40. The number of carbonyl (C=O) groups excluding carboxylic acids is 2. The first-order valence-corrected chi connectivity index (χ1v) is 14.6. The summed E-state index contributed by atoms with van der Waals surface area (Å²) in [5, 5.41) is 12.8. The average Bonchev–Trinajstić information content (AvgIpc) is 3.48. The Kier molecular flexibility index (Phi) is 9.27. The molecule has 4 rings (SSSR count). The molecule has 1 aromatic carbocycles. The largest absolute Gasteiger partial charge is 0.483 e. The van der Waals surface area contributed by atoms with Crippen LogP contribution in [0.25, 0.3) is 0 Å². The van der Waals surface area contributed by atoms with E-state index in [2.05, 4.69) is 35.9 Å². The van der Waals surface area contributed by atoms with Crippen molar-refractivity contribution in [3.63, 3.8) is 0 Å². The maximum absolute atomic E-state index is 12.9. The quantitative estimate of drug-likeness (QED) is 0.180. The maximum Gasteiger partial charge on any atom is 0.341 e. The van der Waals surface area contributed by atoms with Crippen LogP contribution in [0.4, 0.5) is 5.00 Å². The third kappa shape index (κ3) is 6.30. The minimum absolute atomic E-state index is 0.114. The number of esters is 1. The molecule has 1 aliphatic rings.